The van der Waals surface area contributed by atoms with Gasteiger partial charge in [-0.05, 0) is 75.5 Å². The molecule has 2 aliphatic rings. The van der Waals surface area contributed by atoms with Crippen LogP contribution in [-0.2, 0) is 23.8 Å². The molecule has 2 aromatic carbocycles. The second-order valence-electron chi connectivity index (χ2n) is 11.6. The van der Waals surface area contributed by atoms with Crippen molar-refractivity contribution < 1.29 is 18.0 Å². The maximum Gasteiger partial charge on any atom is 0.451 e. The van der Waals surface area contributed by atoms with E-state index in [4.69, 9.17) is 5.26 Å². The molecule has 2 fully saturated rings. The summed E-state index contributed by atoms with van der Waals surface area (Å²) in [4.78, 5) is 47.7. The van der Waals surface area contributed by atoms with Crippen LogP contribution in [0.4, 0.5) is 30.5 Å². The Bertz CT molecular complexity index is 1620. The largest absolute Gasteiger partial charge is 0.451 e. The zero-order valence-electron chi connectivity index (χ0n) is 25.1. The molecule has 0 radical (unpaired) electrons. The lowest BCUT2D eigenvalue weighted by atomic mass is 9.90. The molecule has 10 nitrogen and oxygen atoms in total. The summed E-state index contributed by atoms with van der Waals surface area (Å²) in [5.74, 6) is -0.875. The summed E-state index contributed by atoms with van der Waals surface area (Å²) in [5, 5.41) is 14.8. The van der Waals surface area contributed by atoms with Gasteiger partial charge in [-0.15, -0.1) is 0 Å². The number of anilines is 3. The Morgan fingerprint density at radius 3 is 2.36 bits per heavy atom. The lowest BCUT2D eigenvalue weighted by Crippen LogP contribution is -2.57. The maximum atomic E-state index is 13.8. The first-order valence-electron chi connectivity index (χ1n) is 15.4. The third-order valence-corrected chi connectivity index (χ3v) is 8.71. The maximum absolute atomic E-state index is 13.8. The lowest BCUT2D eigenvalue weighted by Gasteiger charge is -2.41. The van der Waals surface area contributed by atoms with Gasteiger partial charge in [0.1, 0.15) is 17.7 Å². The number of carbonyl (C=O) groups is 1. The first kappa shape index (κ1) is 31.9. The molecule has 1 aromatic heterocycles. The molecule has 0 spiro atoms. The molecule has 0 saturated carbocycles. The third kappa shape index (κ3) is 7.27. The van der Waals surface area contributed by atoms with Gasteiger partial charge in [-0.1, -0.05) is 12.1 Å². The highest BCUT2D eigenvalue weighted by atomic mass is 19.4. The Balaban J connectivity index is 1.17. The molecule has 238 valence electrons. The minimum atomic E-state index is -4.74. The normalized spacial score (nSPS) is 17.2. The van der Waals surface area contributed by atoms with E-state index in [2.05, 4.69) is 26.7 Å². The molecule has 0 unspecified atom stereocenters. The van der Waals surface area contributed by atoms with Crippen molar-refractivity contribution in [2.45, 2.75) is 64.1 Å². The number of hydrogen-bond donors (Lipinski definition) is 2. The molecular formula is C32H36F3N7O3. The average Bonchev–Trinajstić information content (AvgIpc) is 3.01. The number of nitriles is 1. The van der Waals surface area contributed by atoms with Crippen molar-refractivity contribution in [3.8, 4) is 6.07 Å². The number of benzene rings is 1. The highest BCUT2D eigenvalue weighted by molar-refractivity contribution is 5.86. The van der Waals surface area contributed by atoms with Gasteiger partial charge in [0.2, 0.25) is 22.6 Å². The van der Waals surface area contributed by atoms with Gasteiger partial charge in [0.15, 0.2) is 0 Å². The Kier molecular flexibility index (Phi) is 9.70. The molecule has 2 aliphatic heterocycles. The number of alkyl halides is 3. The van der Waals surface area contributed by atoms with E-state index in [1.807, 2.05) is 24.0 Å². The fraction of sp³-hybridized carbons (Fsp3) is 0.500. The van der Waals surface area contributed by atoms with Crippen molar-refractivity contribution in [1.29, 1.82) is 5.26 Å². The average molecular weight is 624 g/mol. The molecular weight excluding hydrogens is 587 g/mol. The summed E-state index contributed by atoms with van der Waals surface area (Å²) in [6.45, 7) is 4.26. The van der Waals surface area contributed by atoms with Crippen molar-refractivity contribution >= 4 is 23.2 Å². The van der Waals surface area contributed by atoms with E-state index >= 15 is 0 Å². The number of nitrogens with one attached hydrogen (secondary N) is 2. The minimum Gasteiger partial charge on any atom is -0.382 e. The number of halogens is 3. The van der Waals surface area contributed by atoms with E-state index in [1.165, 1.54) is 0 Å². The van der Waals surface area contributed by atoms with E-state index < -0.39 is 28.9 Å². The first-order valence-corrected chi connectivity index (χ1v) is 15.4. The number of amides is 1. The van der Waals surface area contributed by atoms with E-state index in [-0.39, 0.29) is 17.5 Å². The van der Waals surface area contributed by atoms with E-state index in [0.29, 0.717) is 74.7 Å². The minimum absolute atomic E-state index is 0.0809. The highest BCUT2D eigenvalue weighted by Crippen LogP contribution is 2.34. The van der Waals surface area contributed by atoms with E-state index in [9.17, 15) is 27.6 Å². The molecule has 0 aliphatic carbocycles. The first-order chi connectivity index (χ1) is 21.6. The summed E-state index contributed by atoms with van der Waals surface area (Å²) in [7, 11) is 0. The summed E-state index contributed by atoms with van der Waals surface area (Å²) in [6, 6.07) is 10.0. The monoisotopic (exact) mass is 623 g/mol. The summed E-state index contributed by atoms with van der Waals surface area (Å²) < 4.78 is 41.5. The Hall–Kier alpha value is -4.47. The van der Waals surface area contributed by atoms with E-state index in [1.54, 1.807) is 23.1 Å². The van der Waals surface area contributed by atoms with Gasteiger partial charge < -0.3 is 20.4 Å². The Morgan fingerprint density at radius 2 is 1.73 bits per heavy atom. The predicted octanol–water partition coefficient (Wildman–Crippen LogP) is 3.57. The molecule has 13 heteroatoms. The zero-order valence-corrected chi connectivity index (χ0v) is 25.1. The Labute approximate surface area is 259 Å². The predicted molar refractivity (Wildman–Crippen MR) is 164 cm³/mol. The topological polar surface area (TPSA) is 131 Å². The van der Waals surface area contributed by atoms with Crippen LogP contribution >= 0.6 is 0 Å². The van der Waals surface area contributed by atoms with Crippen molar-refractivity contribution in [2.75, 3.05) is 47.8 Å². The van der Waals surface area contributed by atoms with Crippen LogP contribution in [-0.4, -0.2) is 54.6 Å². The molecule has 2 N–H and O–H groups in total. The standard InChI is InChI=1S/C32H36F3N7O3/c1-2-37-27-23(28(43)29(27)44)5-3-4-20-11-15-41(16-12-20)25-18-26(40-31(39-25)32(33,34)35)42-17-13-24(42)30(45)38-14-10-21-6-8-22(19-36)9-7-21/h6-9,18,20,24,37H,2-5,10-17H2,1H3,(H,38,45)/t24-/m0/s1. The molecule has 5 rings (SSSR count). The molecule has 1 atom stereocenters. The fourth-order valence-corrected chi connectivity index (χ4v) is 6.05. The van der Waals surface area contributed by atoms with Gasteiger partial charge in [-0.2, -0.15) is 18.4 Å². The highest BCUT2D eigenvalue weighted by Gasteiger charge is 2.40. The van der Waals surface area contributed by atoms with Crippen molar-refractivity contribution in [2.24, 2.45) is 5.92 Å². The summed E-state index contributed by atoms with van der Waals surface area (Å²) in [5.41, 5.74) is 1.64. The smallest absolute Gasteiger partial charge is 0.382 e. The third-order valence-electron chi connectivity index (χ3n) is 8.71. The van der Waals surface area contributed by atoms with Crippen LogP contribution in [0.1, 0.15) is 61.5 Å². The number of nitrogens with zero attached hydrogens (tertiary/aromatic N) is 5. The quantitative estimate of drug-likeness (QED) is 0.291. The molecule has 3 aromatic rings. The van der Waals surface area contributed by atoms with Gasteiger partial charge in [0, 0.05) is 44.4 Å². The lowest BCUT2D eigenvalue weighted by molar-refractivity contribution is -0.144. The van der Waals surface area contributed by atoms with Gasteiger partial charge in [-0.3, -0.25) is 14.4 Å². The van der Waals surface area contributed by atoms with Crippen LogP contribution < -0.4 is 31.3 Å². The second-order valence-corrected chi connectivity index (χ2v) is 11.6. The van der Waals surface area contributed by atoms with Crippen molar-refractivity contribution in [1.82, 2.24) is 15.3 Å². The summed E-state index contributed by atoms with van der Waals surface area (Å²) >= 11 is 0. The number of hydrogen-bond acceptors (Lipinski definition) is 9. The Morgan fingerprint density at radius 1 is 1.02 bits per heavy atom. The number of rotatable bonds is 12. The van der Waals surface area contributed by atoms with Crippen LogP contribution in [0, 0.1) is 17.2 Å². The number of piperidine rings is 1. The summed E-state index contributed by atoms with van der Waals surface area (Å²) in [6.07, 6.45) is 0.00264. The zero-order chi connectivity index (χ0) is 32.1. The van der Waals surface area contributed by atoms with Crippen LogP contribution in [0.15, 0.2) is 39.9 Å². The molecule has 0 bridgehead atoms. The van der Waals surface area contributed by atoms with Crippen LogP contribution in [0.5, 0.6) is 0 Å². The second kappa shape index (κ2) is 13.7. The van der Waals surface area contributed by atoms with Crippen LogP contribution in [0.25, 0.3) is 0 Å². The van der Waals surface area contributed by atoms with Crippen LogP contribution in [0.2, 0.25) is 0 Å². The molecule has 2 saturated heterocycles. The van der Waals surface area contributed by atoms with Crippen molar-refractivity contribution in [3.63, 3.8) is 0 Å². The van der Waals surface area contributed by atoms with Crippen molar-refractivity contribution in [3.05, 3.63) is 73.3 Å². The SMILES string of the molecule is CCNc1c(CCCC2CCN(c3cc(N4CC[C@H]4C(=O)NCCc4ccc(C#N)cc4)nc(C(F)(F)F)n3)CC2)c(=O)c1=O. The number of aromatic nitrogens is 2. The molecule has 1 amide bonds. The van der Waals surface area contributed by atoms with E-state index in [0.717, 1.165) is 31.2 Å². The molecule has 3 heterocycles. The van der Waals surface area contributed by atoms with Gasteiger partial charge in [0.05, 0.1) is 17.3 Å². The fourth-order valence-electron chi connectivity index (χ4n) is 6.05. The van der Waals surface area contributed by atoms with Gasteiger partial charge in [-0.25, -0.2) is 9.97 Å². The number of carbonyl (C=O) groups excluding carboxylic acids is 1. The molecule has 45 heavy (non-hydrogen) atoms. The van der Waals surface area contributed by atoms with Gasteiger partial charge in [0.25, 0.3) is 0 Å². The van der Waals surface area contributed by atoms with Crippen LogP contribution in [0.3, 0.4) is 0 Å². The van der Waals surface area contributed by atoms with Gasteiger partial charge >= 0.3 is 6.18 Å².